The quantitative estimate of drug-likeness (QED) is 0.112. The minimum Gasteiger partial charge on any atom is -0.393 e. The van der Waals surface area contributed by atoms with E-state index < -0.39 is 6.17 Å². The van der Waals surface area contributed by atoms with E-state index in [-0.39, 0.29) is 53.0 Å². The van der Waals surface area contributed by atoms with Gasteiger partial charge in [0.2, 0.25) is 18.2 Å². The number of amides is 3. The lowest BCUT2D eigenvalue weighted by molar-refractivity contribution is -0.235. The second-order valence-electron chi connectivity index (χ2n) is 16.3. The molecule has 10 heteroatoms. The Morgan fingerprint density at radius 1 is 1.10 bits per heavy atom. The zero-order valence-electron chi connectivity index (χ0n) is 31.5. The fourth-order valence-electron chi connectivity index (χ4n) is 11.7. The first kappa shape index (κ1) is 39.7. The van der Waals surface area contributed by atoms with E-state index in [1.807, 2.05) is 30.5 Å². The minimum absolute atomic E-state index is 0.0625. The van der Waals surface area contributed by atoms with Crippen LogP contribution in [0.15, 0.2) is 23.5 Å². The number of carbonyl (C=O) groups excluding carboxylic acids is 3. The molecule has 0 spiro atoms. The Kier molecular flexibility index (Phi) is 13.1. The Morgan fingerprint density at radius 2 is 1.78 bits per heavy atom. The normalized spacial score (nSPS) is 39.6. The van der Waals surface area contributed by atoms with Crippen molar-refractivity contribution in [2.24, 2.45) is 57.3 Å². The van der Waals surface area contributed by atoms with Gasteiger partial charge in [0.25, 0.3) is 0 Å². The molecule has 6 aliphatic rings. The van der Waals surface area contributed by atoms with Crippen molar-refractivity contribution in [3.63, 3.8) is 0 Å². The number of thioether (sulfide) groups is 1. The molecule has 0 aromatic carbocycles. The van der Waals surface area contributed by atoms with Gasteiger partial charge in [0.1, 0.15) is 6.17 Å². The summed E-state index contributed by atoms with van der Waals surface area (Å²) < 4.78 is 0. The van der Waals surface area contributed by atoms with Gasteiger partial charge in [-0.15, -0.1) is 11.8 Å². The van der Waals surface area contributed by atoms with Crippen LogP contribution < -0.4 is 22.1 Å². The maximum absolute atomic E-state index is 13.5. The van der Waals surface area contributed by atoms with E-state index in [0.29, 0.717) is 22.9 Å². The molecule has 9 nitrogen and oxygen atoms in total. The van der Waals surface area contributed by atoms with Gasteiger partial charge in [-0.3, -0.25) is 19.3 Å². The molecule has 3 amide bonds. The van der Waals surface area contributed by atoms with E-state index in [2.05, 4.69) is 50.6 Å². The molecule has 0 bridgehead atoms. The molecular weight excluding hydrogens is 635 g/mol. The number of nitrogens with two attached hydrogens (primary N) is 2. The third-order valence-electron chi connectivity index (χ3n) is 14.1. The fourth-order valence-corrected chi connectivity index (χ4v) is 13.1. The second-order valence-corrected chi connectivity index (χ2v) is 17.4. The lowest BCUT2D eigenvalue weighted by Gasteiger charge is -2.70. The van der Waals surface area contributed by atoms with Gasteiger partial charge in [-0.1, -0.05) is 66.9 Å². The fraction of sp³-hybridized carbons (Fsp3) is 0.821. The molecule has 5 fully saturated rings. The number of fused-ring (bicyclic) bond motifs is 6. The van der Waals surface area contributed by atoms with Crippen molar-refractivity contribution >= 4 is 30.0 Å². The topological polar surface area (TPSA) is 151 Å². The minimum atomic E-state index is -0.418. The molecular formula is C39H67N5O4S. The zero-order chi connectivity index (χ0) is 36.3. The summed E-state index contributed by atoms with van der Waals surface area (Å²) in [6.45, 7) is 19.7. The van der Waals surface area contributed by atoms with Gasteiger partial charge in [-0.25, -0.2) is 0 Å². The average Bonchev–Trinajstić information content (AvgIpc) is 3.46. The highest BCUT2D eigenvalue weighted by Gasteiger charge is 2.67. The largest absolute Gasteiger partial charge is 0.393 e. The Bertz CT molecular complexity index is 1260. The van der Waals surface area contributed by atoms with Crippen molar-refractivity contribution in [3.8, 4) is 0 Å². The van der Waals surface area contributed by atoms with Gasteiger partial charge in [0, 0.05) is 19.2 Å². The number of rotatable bonds is 9. The van der Waals surface area contributed by atoms with E-state index in [4.69, 9.17) is 10.5 Å². The number of primary amides is 1. The van der Waals surface area contributed by atoms with E-state index in [1.54, 1.807) is 0 Å². The molecule has 278 valence electrons. The number of hydrogen-bond donors (Lipinski definition) is 5. The number of aliphatic hydroxyl groups excluding tert-OH is 1. The first-order chi connectivity index (χ1) is 23.3. The van der Waals surface area contributed by atoms with Crippen molar-refractivity contribution in [2.75, 3.05) is 12.3 Å². The van der Waals surface area contributed by atoms with Crippen LogP contribution in [0.4, 0.5) is 0 Å². The molecule has 6 rings (SSSR count). The zero-order valence-corrected chi connectivity index (χ0v) is 32.3. The van der Waals surface area contributed by atoms with Crippen LogP contribution in [0.2, 0.25) is 0 Å². The number of hydrogen-bond acceptors (Lipinski definition) is 7. The summed E-state index contributed by atoms with van der Waals surface area (Å²) in [5.41, 5.74) is 13.5. The van der Waals surface area contributed by atoms with E-state index in [9.17, 15) is 14.7 Å². The number of nitrogens with zero attached hydrogens (tertiary/aromatic N) is 1. The summed E-state index contributed by atoms with van der Waals surface area (Å²) in [5, 5.41) is 18.0. The van der Waals surface area contributed by atoms with Crippen LogP contribution in [-0.2, 0) is 14.4 Å². The van der Waals surface area contributed by atoms with E-state index >= 15 is 0 Å². The molecule has 0 radical (unpaired) electrons. The van der Waals surface area contributed by atoms with Crippen LogP contribution in [0.5, 0.6) is 0 Å². The Balaban J connectivity index is 0.00000103. The second kappa shape index (κ2) is 16.1. The van der Waals surface area contributed by atoms with Crippen LogP contribution in [0, 0.1) is 45.8 Å². The van der Waals surface area contributed by atoms with Gasteiger partial charge in [-0.2, -0.15) is 0 Å². The van der Waals surface area contributed by atoms with Crippen molar-refractivity contribution in [1.82, 2.24) is 15.5 Å². The Morgan fingerprint density at radius 3 is 2.43 bits per heavy atom. The highest BCUT2D eigenvalue weighted by atomic mass is 32.2. The van der Waals surface area contributed by atoms with Crippen molar-refractivity contribution in [3.05, 3.63) is 23.5 Å². The maximum atomic E-state index is 13.5. The van der Waals surface area contributed by atoms with Crippen LogP contribution in [0.3, 0.4) is 0 Å². The predicted molar refractivity (Wildman–Crippen MR) is 200 cm³/mol. The molecule has 4 saturated carbocycles. The average molecular weight is 702 g/mol. The summed E-state index contributed by atoms with van der Waals surface area (Å²) in [5.74, 6) is 3.57. The highest BCUT2D eigenvalue weighted by Crippen LogP contribution is 2.73. The summed E-state index contributed by atoms with van der Waals surface area (Å²) in [7, 11) is 0. The molecule has 4 aliphatic carbocycles. The van der Waals surface area contributed by atoms with Crippen LogP contribution in [0.1, 0.15) is 126 Å². The Hall–Kier alpha value is -2.04. The van der Waals surface area contributed by atoms with Gasteiger partial charge in [0.05, 0.1) is 28.8 Å². The number of carbonyl (C=O) groups is 3. The van der Waals surface area contributed by atoms with Crippen molar-refractivity contribution < 1.29 is 19.5 Å². The van der Waals surface area contributed by atoms with E-state index in [0.717, 1.165) is 48.1 Å². The molecule has 11 atom stereocenters. The first-order valence-corrected chi connectivity index (χ1v) is 20.2. The summed E-state index contributed by atoms with van der Waals surface area (Å²) >= 11 is 1.87. The SMILES string of the molecule is C=C(NC(CN)NC(C)=O)C1=C(C)CSC2C(CCCC3CCC4C3CCC3(C)C4C(O)CC4(C)CCCCC43C)C(=O)N12.CC.NC=O. The lowest BCUT2D eigenvalue weighted by Crippen LogP contribution is -2.65. The standard InChI is InChI=1S/C36H58N4O3S.C2H6.CH3NO/c1-21-20-44-33-27(32(43)40(33)31(21)22(2)38-29(19-37)39-23(3)41)11-9-10-24-12-13-26-25(24)14-17-35(5)30(26)28(42)18-34(4)15-7-8-16-36(34,35)6;1-2;2-1-3/h24-30,33,38,42H,2,7-20,37H2,1,3-6H3,(H,39,41);1-2H3;1H,(H2,2,3). The third kappa shape index (κ3) is 7.09. The van der Waals surface area contributed by atoms with Crippen LogP contribution in [-0.4, -0.2) is 58.2 Å². The van der Waals surface area contributed by atoms with Crippen molar-refractivity contribution in [1.29, 1.82) is 0 Å². The predicted octanol–water partition coefficient (Wildman–Crippen LogP) is 6.02. The van der Waals surface area contributed by atoms with Crippen LogP contribution in [0.25, 0.3) is 0 Å². The molecule has 1 saturated heterocycles. The molecule has 0 aromatic heterocycles. The number of β-lactam (4-membered cyclic amide) rings is 1. The molecule has 2 heterocycles. The maximum Gasteiger partial charge on any atom is 0.234 e. The van der Waals surface area contributed by atoms with Gasteiger partial charge in [-0.05, 0) is 104 Å². The first-order valence-electron chi connectivity index (χ1n) is 19.2. The summed E-state index contributed by atoms with van der Waals surface area (Å²) in [4.78, 5) is 35.6. The molecule has 0 aromatic rings. The van der Waals surface area contributed by atoms with Crippen LogP contribution >= 0.6 is 11.8 Å². The lowest BCUT2D eigenvalue weighted by atomic mass is 9.35. The van der Waals surface area contributed by atoms with Gasteiger partial charge < -0.3 is 27.2 Å². The monoisotopic (exact) mass is 701 g/mol. The smallest absolute Gasteiger partial charge is 0.234 e. The Labute approximate surface area is 300 Å². The summed E-state index contributed by atoms with van der Waals surface area (Å²) in [6, 6.07) is 0. The van der Waals surface area contributed by atoms with E-state index in [1.165, 1.54) is 64.7 Å². The molecule has 7 N–H and O–H groups in total. The molecule has 11 unspecified atom stereocenters. The van der Waals surface area contributed by atoms with Gasteiger partial charge in [0.15, 0.2) is 0 Å². The number of aliphatic hydroxyl groups is 1. The molecule has 2 aliphatic heterocycles. The highest BCUT2D eigenvalue weighted by molar-refractivity contribution is 8.00. The third-order valence-corrected chi connectivity index (χ3v) is 15.6. The number of nitrogens with one attached hydrogen (secondary N) is 2. The molecule has 49 heavy (non-hydrogen) atoms. The van der Waals surface area contributed by atoms with Gasteiger partial charge >= 0.3 is 0 Å². The summed E-state index contributed by atoms with van der Waals surface area (Å²) in [6.07, 6.45) is 14.4. The van der Waals surface area contributed by atoms with Crippen molar-refractivity contribution in [2.45, 2.75) is 143 Å².